The lowest BCUT2D eigenvalue weighted by Gasteiger charge is -2.08. The summed E-state index contributed by atoms with van der Waals surface area (Å²) in [5.74, 6) is -0.566. The number of rotatable bonds is 4. The number of methoxy groups -OCH3 is 2. The molecule has 0 aromatic carbocycles. The van der Waals surface area contributed by atoms with Gasteiger partial charge in [0.15, 0.2) is 18.0 Å². The fourth-order valence-corrected chi connectivity index (χ4v) is 3.02. The molecule has 7 heteroatoms. The van der Waals surface area contributed by atoms with Crippen LogP contribution in [-0.4, -0.2) is 44.0 Å². The van der Waals surface area contributed by atoms with Gasteiger partial charge in [0.2, 0.25) is 0 Å². The predicted molar refractivity (Wildman–Crippen MR) is 84.5 cm³/mol. The molecule has 2 amide bonds. The van der Waals surface area contributed by atoms with Gasteiger partial charge in [0.1, 0.15) is 0 Å². The molecule has 2 N–H and O–H groups in total. The Hall–Kier alpha value is -2.51. The predicted octanol–water partition coefficient (Wildman–Crippen LogP) is 0.260. The zero-order chi connectivity index (χ0) is 17.3. The number of nitrogens with one attached hydrogen (secondary N) is 2. The van der Waals surface area contributed by atoms with Crippen molar-refractivity contribution in [1.82, 2.24) is 10.6 Å². The van der Waals surface area contributed by atoms with Crippen LogP contribution in [0, 0.1) is 0 Å². The Morgan fingerprint density at radius 1 is 0.875 bits per heavy atom. The van der Waals surface area contributed by atoms with E-state index in [1.165, 1.54) is 14.2 Å². The second-order valence-corrected chi connectivity index (χ2v) is 5.71. The molecule has 3 aliphatic rings. The maximum atomic E-state index is 12.6. The van der Waals surface area contributed by atoms with Gasteiger partial charge in [0.25, 0.3) is 11.8 Å². The first-order chi connectivity index (χ1) is 11.5. The summed E-state index contributed by atoms with van der Waals surface area (Å²) >= 11 is 0. The van der Waals surface area contributed by atoms with E-state index in [9.17, 15) is 14.4 Å². The van der Waals surface area contributed by atoms with Crippen molar-refractivity contribution >= 4 is 17.6 Å². The third-order valence-corrected chi connectivity index (χ3v) is 4.24. The SMILES string of the molecule is COC1C(=O)NC=C1/C=C1\CC/C(=C\C2=CNC(=O)C2OC)C1=O. The summed E-state index contributed by atoms with van der Waals surface area (Å²) in [5.41, 5.74) is 2.52. The Kier molecular flexibility index (Phi) is 4.46. The van der Waals surface area contributed by atoms with E-state index in [4.69, 9.17) is 9.47 Å². The van der Waals surface area contributed by atoms with Crippen molar-refractivity contribution in [3.05, 3.63) is 46.8 Å². The van der Waals surface area contributed by atoms with Crippen molar-refractivity contribution in [3.63, 3.8) is 0 Å². The number of allylic oxidation sites excluding steroid dienone is 2. The minimum atomic E-state index is -0.685. The Labute approximate surface area is 139 Å². The number of Topliss-reactive ketones (excluding diaryl/α,β-unsaturated/α-hetero) is 1. The fourth-order valence-electron chi connectivity index (χ4n) is 3.02. The smallest absolute Gasteiger partial charge is 0.257 e. The highest BCUT2D eigenvalue weighted by molar-refractivity contribution is 6.11. The van der Waals surface area contributed by atoms with E-state index >= 15 is 0 Å². The Morgan fingerprint density at radius 2 is 1.29 bits per heavy atom. The van der Waals surface area contributed by atoms with Crippen LogP contribution in [0.2, 0.25) is 0 Å². The van der Waals surface area contributed by atoms with Gasteiger partial charge in [-0.2, -0.15) is 0 Å². The van der Waals surface area contributed by atoms with Crippen LogP contribution >= 0.6 is 0 Å². The molecule has 2 heterocycles. The van der Waals surface area contributed by atoms with Crippen LogP contribution in [-0.2, 0) is 23.9 Å². The molecular weight excluding hydrogens is 312 g/mol. The molecule has 7 nitrogen and oxygen atoms in total. The topological polar surface area (TPSA) is 93.7 Å². The van der Waals surface area contributed by atoms with Crippen LogP contribution in [0.15, 0.2) is 46.8 Å². The fraction of sp³-hybridized carbons (Fsp3) is 0.353. The molecule has 24 heavy (non-hydrogen) atoms. The minimum Gasteiger partial charge on any atom is -0.367 e. The number of carbonyl (C=O) groups excluding carboxylic acids is 3. The second kappa shape index (κ2) is 6.54. The average molecular weight is 330 g/mol. The van der Waals surface area contributed by atoms with Crippen molar-refractivity contribution in [2.45, 2.75) is 25.0 Å². The van der Waals surface area contributed by atoms with Gasteiger partial charge >= 0.3 is 0 Å². The summed E-state index contributed by atoms with van der Waals surface area (Å²) in [6.45, 7) is 0. The average Bonchev–Trinajstić information content (AvgIpc) is 3.21. The highest BCUT2D eigenvalue weighted by Gasteiger charge is 2.31. The molecule has 0 bridgehead atoms. The van der Waals surface area contributed by atoms with Gasteiger partial charge < -0.3 is 20.1 Å². The van der Waals surface area contributed by atoms with E-state index in [1.807, 2.05) is 0 Å². The van der Waals surface area contributed by atoms with Crippen molar-refractivity contribution in [3.8, 4) is 0 Å². The molecule has 0 aromatic heterocycles. The molecular formula is C17H18N2O5. The molecule has 0 saturated heterocycles. The first-order valence-corrected chi connectivity index (χ1v) is 7.57. The highest BCUT2D eigenvalue weighted by Crippen LogP contribution is 2.30. The largest absolute Gasteiger partial charge is 0.367 e. The van der Waals surface area contributed by atoms with Crippen LogP contribution in [0.3, 0.4) is 0 Å². The summed E-state index contributed by atoms with van der Waals surface area (Å²) in [7, 11) is 2.90. The summed E-state index contributed by atoms with van der Waals surface area (Å²) in [6, 6.07) is 0. The molecule has 0 spiro atoms. The van der Waals surface area contributed by atoms with Gasteiger partial charge in [-0.15, -0.1) is 0 Å². The number of amides is 2. The molecule has 2 aliphatic heterocycles. The van der Waals surface area contributed by atoms with E-state index in [-0.39, 0.29) is 17.6 Å². The molecule has 1 aliphatic carbocycles. The molecule has 2 atom stereocenters. The van der Waals surface area contributed by atoms with Gasteiger partial charge in [-0.3, -0.25) is 14.4 Å². The van der Waals surface area contributed by atoms with Crippen LogP contribution in [0.4, 0.5) is 0 Å². The molecule has 2 unspecified atom stereocenters. The summed E-state index contributed by atoms with van der Waals surface area (Å²) in [6.07, 6.45) is 6.32. The molecule has 1 fully saturated rings. The van der Waals surface area contributed by atoms with Crippen LogP contribution in [0.25, 0.3) is 0 Å². The van der Waals surface area contributed by atoms with E-state index in [0.29, 0.717) is 35.1 Å². The molecule has 0 radical (unpaired) electrons. The standard InChI is InChI=1S/C17H18N2O5/c1-23-14-11(7-18-16(14)21)5-9-3-4-10(13(9)20)6-12-8-19-17(22)15(12)24-2/h5-8,14-15H,3-4H2,1-2H3,(H,18,21)(H,19,22)/b9-5+,10-6+. The molecule has 0 aromatic rings. The van der Waals surface area contributed by atoms with Crippen molar-refractivity contribution < 1.29 is 23.9 Å². The maximum absolute atomic E-state index is 12.6. The number of hydrogen-bond donors (Lipinski definition) is 2. The summed E-state index contributed by atoms with van der Waals surface area (Å²) < 4.78 is 10.3. The lowest BCUT2D eigenvalue weighted by atomic mass is 10.0. The van der Waals surface area contributed by atoms with Gasteiger partial charge in [-0.25, -0.2) is 0 Å². The van der Waals surface area contributed by atoms with Gasteiger partial charge in [0, 0.05) is 48.9 Å². The first-order valence-electron chi connectivity index (χ1n) is 7.57. The number of hydrogen-bond acceptors (Lipinski definition) is 5. The number of ether oxygens (including phenoxy) is 2. The Morgan fingerprint density at radius 3 is 1.67 bits per heavy atom. The summed E-state index contributed by atoms with van der Waals surface area (Å²) in [5, 5.41) is 5.16. The minimum absolute atomic E-state index is 0.0831. The quantitative estimate of drug-likeness (QED) is 0.721. The molecule has 3 rings (SSSR count). The maximum Gasteiger partial charge on any atom is 0.257 e. The lowest BCUT2D eigenvalue weighted by molar-refractivity contribution is -0.127. The monoisotopic (exact) mass is 330 g/mol. The van der Waals surface area contributed by atoms with Crippen molar-refractivity contribution in [1.29, 1.82) is 0 Å². The summed E-state index contributed by atoms with van der Waals surface area (Å²) in [4.78, 5) is 35.7. The number of carbonyl (C=O) groups is 3. The van der Waals surface area contributed by atoms with Crippen LogP contribution in [0.5, 0.6) is 0 Å². The normalized spacial score (nSPS) is 30.0. The Balaban J connectivity index is 1.79. The zero-order valence-corrected chi connectivity index (χ0v) is 13.4. The van der Waals surface area contributed by atoms with E-state index in [2.05, 4.69) is 10.6 Å². The van der Waals surface area contributed by atoms with Gasteiger partial charge in [0.05, 0.1) is 0 Å². The first kappa shape index (κ1) is 16.4. The number of ketones is 1. The van der Waals surface area contributed by atoms with E-state index < -0.39 is 12.2 Å². The van der Waals surface area contributed by atoms with Gasteiger partial charge in [-0.1, -0.05) is 0 Å². The molecule has 126 valence electrons. The van der Waals surface area contributed by atoms with Crippen LogP contribution in [0.1, 0.15) is 12.8 Å². The highest BCUT2D eigenvalue weighted by atomic mass is 16.5. The van der Waals surface area contributed by atoms with E-state index in [1.54, 1.807) is 24.6 Å². The lowest BCUT2D eigenvalue weighted by Crippen LogP contribution is -2.26. The van der Waals surface area contributed by atoms with E-state index in [0.717, 1.165) is 0 Å². The third-order valence-electron chi connectivity index (χ3n) is 4.24. The van der Waals surface area contributed by atoms with Crippen molar-refractivity contribution in [2.75, 3.05) is 14.2 Å². The third kappa shape index (κ3) is 2.83. The Bertz CT molecular complexity index is 669. The second-order valence-electron chi connectivity index (χ2n) is 5.71. The van der Waals surface area contributed by atoms with Crippen LogP contribution < -0.4 is 10.6 Å². The van der Waals surface area contributed by atoms with Crippen molar-refractivity contribution in [2.24, 2.45) is 0 Å². The molecule has 1 saturated carbocycles. The zero-order valence-electron chi connectivity index (χ0n) is 13.4. The van der Waals surface area contributed by atoms with Gasteiger partial charge in [-0.05, 0) is 25.0 Å².